The van der Waals surface area contributed by atoms with E-state index >= 15 is 0 Å². The summed E-state index contributed by atoms with van der Waals surface area (Å²) in [6.45, 7) is 1.98. The molecule has 1 fully saturated rings. The van der Waals surface area contributed by atoms with E-state index < -0.39 is 0 Å². The number of nitrogens with two attached hydrogens (primary N) is 1. The molecule has 3 atom stereocenters. The van der Waals surface area contributed by atoms with E-state index in [1.54, 1.807) is 7.11 Å². The summed E-state index contributed by atoms with van der Waals surface area (Å²) in [5, 5.41) is 0. The van der Waals surface area contributed by atoms with E-state index in [1.165, 1.54) is 0 Å². The van der Waals surface area contributed by atoms with Gasteiger partial charge in [0.1, 0.15) is 11.9 Å². The van der Waals surface area contributed by atoms with Crippen LogP contribution in [0.2, 0.25) is 0 Å². The van der Waals surface area contributed by atoms with Crippen molar-refractivity contribution < 1.29 is 9.47 Å². The molecule has 2 rings (SSSR count). The van der Waals surface area contributed by atoms with Gasteiger partial charge in [-0.2, -0.15) is 0 Å². The number of ether oxygens (including phenoxy) is 2. The van der Waals surface area contributed by atoms with Crippen molar-refractivity contribution in [3.05, 3.63) is 28.2 Å². The summed E-state index contributed by atoms with van der Waals surface area (Å²) in [5.74, 6) is 0.895. The van der Waals surface area contributed by atoms with Crippen LogP contribution in [-0.4, -0.2) is 19.3 Å². The lowest BCUT2D eigenvalue weighted by atomic mass is 9.94. The fourth-order valence-corrected chi connectivity index (χ4v) is 2.93. The van der Waals surface area contributed by atoms with E-state index in [9.17, 15) is 0 Å². The van der Waals surface area contributed by atoms with Gasteiger partial charge in [0.25, 0.3) is 0 Å². The van der Waals surface area contributed by atoms with Gasteiger partial charge in [-0.25, -0.2) is 0 Å². The number of rotatable bonds is 4. The van der Waals surface area contributed by atoms with Crippen LogP contribution in [0.15, 0.2) is 22.7 Å². The smallest absolute Gasteiger partial charge is 0.125 e. The quantitative estimate of drug-likeness (QED) is 0.914. The van der Waals surface area contributed by atoms with Gasteiger partial charge in [0.2, 0.25) is 0 Å². The zero-order chi connectivity index (χ0) is 13.8. The molecule has 0 aromatic heterocycles. The summed E-state index contributed by atoms with van der Waals surface area (Å²) in [6.07, 6.45) is 4.89. The molecule has 0 saturated heterocycles. The molecule has 1 aromatic rings. The zero-order valence-electron chi connectivity index (χ0n) is 11.6. The molecule has 0 radical (unpaired) electrons. The molecule has 19 heavy (non-hydrogen) atoms. The first kappa shape index (κ1) is 14.8. The van der Waals surface area contributed by atoms with Crippen molar-refractivity contribution in [1.82, 2.24) is 0 Å². The van der Waals surface area contributed by atoms with Crippen LogP contribution in [0, 0.1) is 0 Å². The Bertz CT molecular complexity index is 423. The average Bonchev–Trinajstić information content (AvgIpc) is 2.38. The largest absolute Gasteiger partial charge is 0.490 e. The van der Waals surface area contributed by atoms with Crippen LogP contribution in [0.25, 0.3) is 0 Å². The van der Waals surface area contributed by atoms with Crippen molar-refractivity contribution in [2.75, 3.05) is 7.11 Å². The van der Waals surface area contributed by atoms with Crippen LogP contribution in [0.1, 0.15) is 44.2 Å². The Morgan fingerprint density at radius 3 is 2.74 bits per heavy atom. The molecule has 3 nitrogen and oxygen atoms in total. The van der Waals surface area contributed by atoms with Gasteiger partial charge in [0.15, 0.2) is 0 Å². The van der Waals surface area contributed by atoms with Crippen molar-refractivity contribution >= 4 is 15.9 Å². The first-order chi connectivity index (χ1) is 9.10. The van der Waals surface area contributed by atoms with E-state index in [0.29, 0.717) is 6.10 Å². The third-order valence-corrected chi connectivity index (χ3v) is 4.16. The molecule has 0 heterocycles. The topological polar surface area (TPSA) is 44.5 Å². The molecule has 1 aliphatic rings. The fourth-order valence-electron chi connectivity index (χ4n) is 2.59. The molecule has 4 heteroatoms. The second kappa shape index (κ2) is 6.73. The highest BCUT2D eigenvalue weighted by Gasteiger charge is 2.24. The second-order valence-electron chi connectivity index (χ2n) is 5.23. The highest BCUT2D eigenvalue weighted by molar-refractivity contribution is 9.10. The maximum Gasteiger partial charge on any atom is 0.125 e. The number of hydrogen-bond acceptors (Lipinski definition) is 3. The van der Waals surface area contributed by atoms with E-state index in [0.717, 1.165) is 41.5 Å². The van der Waals surface area contributed by atoms with E-state index in [2.05, 4.69) is 15.9 Å². The summed E-state index contributed by atoms with van der Waals surface area (Å²) in [5.41, 5.74) is 7.06. The summed E-state index contributed by atoms with van der Waals surface area (Å²) < 4.78 is 12.6. The predicted octanol–water partition coefficient (Wildman–Crippen LogP) is 3.81. The Morgan fingerprint density at radius 2 is 2.05 bits per heavy atom. The molecule has 0 bridgehead atoms. The van der Waals surface area contributed by atoms with Gasteiger partial charge in [-0.05, 0) is 38.3 Å². The minimum atomic E-state index is -0.0232. The molecular weight excluding hydrogens is 306 g/mol. The van der Waals surface area contributed by atoms with Crippen molar-refractivity contribution in [3.63, 3.8) is 0 Å². The molecule has 1 saturated carbocycles. The normalized spacial score (nSPS) is 25.1. The van der Waals surface area contributed by atoms with E-state index in [-0.39, 0.29) is 12.1 Å². The van der Waals surface area contributed by atoms with Gasteiger partial charge in [-0.1, -0.05) is 22.0 Å². The molecule has 106 valence electrons. The van der Waals surface area contributed by atoms with Crippen molar-refractivity contribution in [1.29, 1.82) is 0 Å². The van der Waals surface area contributed by atoms with Gasteiger partial charge in [0.05, 0.1) is 6.10 Å². The van der Waals surface area contributed by atoms with Gasteiger partial charge >= 0.3 is 0 Å². The van der Waals surface area contributed by atoms with Gasteiger partial charge in [0, 0.05) is 29.6 Å². The number of methoxy groups -OCH3 is 1. The highest BCUT2D eigenvalue weighted by atomic mass is 79.9. The highest BCUT2D eigenvalue weighted by Crippen LogP contribution is 2.31. The summed E-state index contributed by atoms with van der Waals surface area (Å²) in [6, 6.07) is 6.02. The molecule has 1 aliphatic carbocycles. The zero-order valence-corrected chi connectivity index (χ0v) is 13.2. The maximum absolute atomic E-state index is 6.17. The summed E-state index contributed by atoms with van der Waals surface area (Å²) in [4.78, 5) is 0. The Hall–Kier alpha value is -0.580. The van der Waals surface area contributed by atoms with Crippen molar-refractivity contribution in [3.8, 4) is 5.75 Å². The standard InChI is InChI=1S/C15H22BrNO2/c1-10(17)14-7-6-11(16)8-15(14)19-13-5-3-4-12(9-13)18-2/h6-8,10,12-13H,3-5,9,17H2,1-2H3/t10-,12?,13?/m0/s1. The van der Waals surface area contributed by atoms with Crippen LogP contribution >= 0.6 is 15.9 Å². The van der Waals surface area contributed by atoms with E-state index in [1.807, 2.05) is 25.1 Å². The first-order valence-corrected chi connectivity index (χ1v) is 7.64. The minimum Gasteiger partial charge on any atom is -0.490 e. The molecule has 1 aromatic carbocycles. The van der Waals surface area contributed by atoms with Crippen molar-refractivity contribution in [2.45, 2.75) is 50.9 Å². The molecular formula is C15H22BrNO2. The number of benzene rings is 1. The second-order valence-corrected chi connectivity index (χ2v) is 6.15. The average molecular weight is 328 g/mol. The molecule has 2 N–H and O–H groups in total. The van der Waals surface area contributed by atoms with Crippen LogP contribution in [-0.2, 0) is 4.74 Å². The summed E-state index contributed by atoms with van der Waals surface area (Å²) in [7, 11) is 1.78. The minimum absolute atomic E-state index is 0.0232. The van der Waals surface area contributed by atoms with Crippen LogP contribution in [0.3, 0.4) is 0 Å². The molecule has 2 unspecified atom stereocenters. The SMILES string of the molecule is COC1CCCC(Oc2cc(Br)ccc2[C@H](C)N)C1. The Labute approximate surface area is 123 Å². The summed E-state index contributed by atoms with van der Waals surface area (Å²) >= 11 is 3.49. The van der Waals surface area contributed by atoms with Crippen LogP contribution < -0.4 is 10.5 Å². The van der Waals surface area contributed by atoms with Crippen LogP contribution in [0.5, 0.6) is 5.75 Å². The Kier molecular flexibility index (Phi) is 5.25. The Balaban J connectivity index is 2.11. The molecule has 0 spiro atoms. The molecule has 0 amide bonds. The predicted molar refractivity (Wildman–Crippen MR) is 80.4 cm³/mol. The third kappa shape index (κ3) is 3.94. The Morgan fingerprint density at radius 1 is 1.32 bits per heavy atom. The lowest BCUT2D eigenvalue weighted by Crippen LogP contribution is -2.30. The molecule has 0 aliphatic heterocycles. The third-order valence-electron chi connectivity index (χ3n) is 3.67. The van der Waals surface area contributed by atoms with Crippen LogP contribution in [0.4, 0.5) is 0 Å². The maximum atomic E-state index is 6.17. The monoisotopic (exact) mass is 327 g/mol. The lowest BCUT2D eigenvalue weighted by Gasteiger charge is -2.29. The van der Waals surface area contributed by atoms with Crippen molar-refractivity contribution in [2.24, 2.45) is 5.73 Å². The number of hydrogen-bond donors (Lipinski definition) is 1. The number of halogens is 1. The van der Waals surface area contributed by atoms with Gasteiger partial charge in [-0.15, -0.1) is 0 Å². The first-order valence-electron chi connectivity index (χ1n) is 6.84. The van der Waals surface area contributed by atoms with Gasteiger partial charge < -0.3 is 15.2 Å². The van der Waals surface area contributed by atoms with E-state index in [4.69, 9.17) is 15.2 Å². The fraction of sp³-hybridized carbons (Fsp3) is 0.600. The van der Waals surface area contributed by atoms with Gasteiger partial charge in [-0.3, -0.25) is 0 Å². The lowest BCUT2D eigenvalue weighted by molar-refractivity contribution is 0.0206.